The van der Waals surface area contributed by atoms with E-state index in [1.807, 2.05) is 16.9 Å². The van der Waals surface area contributed by atoms with Crippen molar-refractivity contribution in [1.29, 1.82) is 0 Å². The molecule has 2 bridgehead atoms. The maximum absolute atomic E-state index is 5.96. The summed E-state index contributed by atoms with van der Waals surface area (Å²) in [4.78, 5) is 0. The van der Waals surface area contributed by atoms with Crippen LogP contribution in [0.25, 0.3) is 0 Å². The van der Waals surface area contributed by atoms with E-state index in [-0.39, 0.29) is 0 Å². The molecule has 2 fully saturated rings. The van der Waals surface area contributed by atoms with Gasteiger partial charge in [-0.3, -0.25) is 4.68 Å². The molecule has 5 nitrogen and oxygen atoms in total. The molecule has 128 valence electrons. The normalized spacial score (nSPS) is 26.7. The van der Waals surface area contributed by atoms with E-state index in [9.17, 15) is 0 Å². The van der Waals surface area contributed by atoms with Crippen LogP contribution in [0.15, 0.2) is 36.7 Å². The molecule has 0 radical (unpaired) electrons. The van der Waals surface area contributed by atoms with Crippen molar-refractivity contribution >= 4 is 0 Å². The van der Waals surface area contributed by atoms with Gasteiger partial charge in [0.2, 0.25) is 0 Å². The van der Waals surface area contributed by atoms with E-state index in [1.54, 1.807) is 13.3 Å². The Balaban J connectivity index is 1.49. The molecule has 24 heavy (non-hydrogen) atoms. The predicted octanol–water partition coefficient (Wildman–Crippen LogP) is 2.91. The standard InChI is InChI=1S/C19H25N3O2/c1-13(21-17-11-16-5-7-19(17)24-16)14-4-6-18(23-2)15(10-14)12-22-9-3-8-20-22/h3-4,6,8-10,13,16-17,19,21H,5,7,11-12H2,1-2H3/t13-,16+,17+,19+/m0/s1. The summed E-state index contributed by atoms with van der Waals surface area (Å²) in [6.07, 6.45) is 8.22. The minimum atomic E-state index is 0.292. The van der Waals surface area contributed by atoms with E-state index in [4.69, 9.17) is 9.47 Å². The number of fused-ring (bicyclic) bond motifs is 2. The Kier molecular flexibility index (Phi) is 4.29. The van der Waals surface area contributed by atoms with Crippen LogP contribution in [0.2, 0.25) is 0 Å². The molecule has 0 saturated carbocycles. The lowest BCUT2D eigenvalue weighted by Gasteiger charge is -2.25. The summed E-state index contributed by atoms with van der Waals surface area (Å²) >= 11 is 0. The van der Waals surface area contributed by atoms with Gasteiger partial charge in [0.1, 0.15) is 5.75 Å². The molecule has 1 N–H and O–H groups in total. The van der Waals surface area contributed by atoms with Crippen LogP contribution in [0, 0.1) is 0 Å². The van der Waals surface area contributed by atoms with Crippen LogP contribution in [0.4, 0.5) is 0 Å². The van der Waals surface area contributed by atoms with Gasteiger partial charge in [-0.15, -0.1) is 0 Å². The molecule has 0 aliphatic carbocycles. The van der Waals surface area contributed by atoms with Crippen LogP contribution in [-0.2, 0) is 11.3 Å². The molecule has 1 aromatic carbocycles. The zero-order chi connectivity index (χ0) is 16.5. The first kappa shape index (κ1) is 15.7. The van der Waals surface area contributed by atoms with E-state index in [0.29, 0.717) is 30.8 Å². The van der Waals surface area contributed by atoms with Crippen LogP contribution in [0.1, 0.15) is 43.4 Å². The van der Waals surface area contributed by atoms with Gasteiger partial charge in [0.05, 0.1) is 25.9 Å². The Labute approximate surface area is 143 Å². The second-order valence-corrected chi connectivity index (χ2v) is 6.88. The van der Waals surface area contributed by atoms with Gasteiger partial charge in [-0.25, -0.2) is 0 Å². The van der Waals surface area contributed by atoms with Crippen molar-refractivity contribution in [1.82, 2.24) is 15.1 Å². The Morgan fingerprint density at radius 1 is 1.42 bits per heavy atom. The molecule has 1 aromatic heterocycles. The summed E-state index contributed by atoms with van der Waals surface area (Å²) in [7, 11) is 1.72. The van der Waals surface area contributed by atoms with Gasteiger partial charge in [0.15, 0.2) is 0 Å². The first-order valence-corrected chi connectivity index (χ1v) is 8.78. The molecular weight excluding hydrogens is 302 g/mol. The van der Waals surface area contributed by atoms with Crippen molar-refractivity contribution in [2.45, 2.75) is 57.0 Å². The Morgan fingerprint density at radius 2 is 2.33 bits per heavy atom. The zero-order valence-corrected chi connectivity index (χ0v) is 14.3. The number of rotatable bonds is 6. The van der Waals surface area contributed by atoms with Crippen LogP contribution in [0.3, 0.4) is 0 Å². The number of ether oxygens (including phenoxy) is 2. The third-order valence-electron chi connectivity index (χ3n) is 5.27. The third-order valence-corrected chi connectivity index (χ3v) is 5.27. The van der Waals surface area contributed by atoms with Crippen molar-refractivity contribution in [2.75, 3.05) is 7.11 Å². The molecule has 0 unspecified atom stereocenters. The summed E-state index contributed by atoms with van der Waals surface area (Å²) in [5, 5.41) is 8.06. The van der Waals surface area contributed by atoms with Crippen LogP contribution >= 0.6 is 0 Å². The Morgan fingerprint density at radius 3 is 3.00 bits per heavy atom. The fourth-order valence-corrected chi connectivity index (χ4v) is 3.99. The fraction of sp³-hybridized carbons (Fsp3) is 0.526. The van der Waals surface area contributed by atoms with Crippen LogP contribution in [0.5, 0.6) is 5.75 Å². The van der Waals surface area contributed by atoms with Crippen molar-refractivity contribution in [3.05, 3.63) is 47.8 Å². The lowest BCUT2D eigenvalue weighted by Crippen LogP contribution is -2.39. The average Bonchev–Trinajstić information content (AvgIpc) is 3.33. The number of nitrogens with one attached hydrogen (secondary N) is 1. The lowest BCUT2D eigenvalue weighted by molar-refractivity contribution is 0.0962. The van der Waals surface area contributed by atoms with Gasteiger partial charge in [-0.2, -0.15) is 5.10 Å². The first-order valence-electron chi connectivity index (χ1n) is 8.78. The quantitative estimate of drug-likeness (QED) is 0.886. The number of hydrogen-bond donors (Lipinski definition) is 1. The Hall–Kier alpha value is -1.85. The number of benzene rings is 1. The number of aromatic nitrogens is 2. The van der Waals surface area contributed by atoms with Gasteiger partial charge in [-0.1, -0.05) is 6.07 Å². The summed E-state index contributed by atoms with van der Waals surface area (Å²) in [5.74, 6) is 0.907. The minimum Gasteiger partial charge on any atom is -0.496 e. The van der Waals surface area contributed by atoms with Gasteiger partial charge in [0.25, 0.3) is 0 Å². The van der Waals surface area contributed by atoms with Crippen molar-refractivity contribution in [2.24, 2.45) is 0 Å². The second-order valence-electron chi connectivity index (χ2n) is 6.88. The first-order chi connectivity index (χ1) is 11.7. The van der Waals surface area contributed by atoms with E-state index in [2.05, 4.69) is 35.5 Å². The highest BCUT2D eigenvalue weighted by Crippen LogP contribution is 2.35. The molecular formula is C19H25N3O2. The SMILES string of the molecule is COc1ccc([C@H](C)N[C@@H]2C[C@H]3CC[C@H]2O3)cc1Cn1cccn1. The maximum atomic E-state index is 5.96. The zero-order valence-electron chi connectivity index (χ0n) is 14.3. The molecule has 3 heterocycles. The summed E-state index contributed by atoms with van der Waals surface area (Å²) < 4.78 is 13.4. The van der Waals surface area contributed by atoms with Gasteiger partial charge >= 0.3 is 0 Å². The van der Waals surface area contributed by atoms with Crippen molar-refractivity contribution in [3.63, 3.8) is 0 Å². The van der Waals surface area contributed by atoms with E-state index in [0.717, 1.165) is 17.7 Å². The number of methoxy groups -OCH3 is 1. The van der Waals surface area contributed by atoms with Crippen LogP contribution in [-0.4, -0.2) is 35.1 Å². The van der Waals surface area contributed by atoms with E-state index in [1.165, 1.54) is 18.4 Å². The molecule has 2 aliphatic rings. The summed E-state index contributed by atoms with van der Waals surface area (Å²) in [6, 6.07) is 9.15. The topological polar surface area (TPSA) is 48.3 Å². The molecule has 5 heteroatoms. The van der Waals surface area contributed by atoms with E-state index >= 15 is 0 Å². The highest BCUT2D eigenvalue weighted by atomic mass is 16.5. The van der Waals surface area contributed by atoms with Gasteiger partial charge in [0, 0.05) is 30.0 Å². The summed E-state index contributed by atoms with van der Waals surface area (Å²) in [6.45, 7) is 2.94. The monoisotopic (exact) mass is 327 g/mol. The molecule has 2 saturated heterocycles. The van der Waals surface area contributed by atoms with E-state index < -0.39 is 0 Å². The number of hydrogen-bond acceptors (Lipinski definition) is 4. The van der Waals surface area contributed by atoms with Crippen molar-refractivity contribution in [3.8, 4) is 5.75 Å². The third kappa shape index (κ3) is 3.06. The second kappa shape index (κ2) is 6.57. The Bertz CT molecular complexity index is 686. The molecule has 0 amide bonds. The molecule has 2 aromatic rings. The van der Waals surface area contributed by atoms with Crippen LogP contribution < -0.4 is 10.1 Å². The maximum Gasteiger partial charge on any atom is 0.123 e. The van der Waals surface area contributed by atoms with Gasteiger partial charge in [-0.05, 0) is 49.9 Å². The average molecular weight is 327 g/mol. The minimum absolute atomic E-state index is 0.292. The molecule has 2 aliphatic heterocycles. The number of nitrogens with zero attached hydrogens (tertiary/aromatic N) is 2. The summed E-state index contributed by atoms with van der Waals surface area (Å²) in [5.41, 5.74) is 2.43. The van der Waals surface area contributed by atoms with Crippen molar-refractivity contribution < 1.29 is 9.47 Å². The fourth-order valence-electron chi connectivity index (χ4n) is 3.99. The highest BCUT2D eigenvalue weighted by Gasteiger charge is 2.41. The predicted molar refractivity (Wildman–Crippen MR) is 92.2 cm³/mol. The smallest absolute Gasteiger partial charge is 0.123 e. The largest absolute Gasteiger partial charge is 0.496 e. The molecule has 4 rings (SSSR count). The highest BCUT2D eigenvalue weighted by molar-refractivity contribution is 5.38. The molecule has 4 atom stereocenters. The molecule has 0 spiro atoms. The van der Waals surface area contributed by atoms with Gasteiger partial charge < -0.3 is 14.8 Å². The lowest BCUT2D eigenvalue weighted by atomic mass is 9.94.